The highest BCUT2D eigenvalue weighted by Gasteiger charge is 2.23. The summed E-state index contributed by atoms with van der Waals surface area (Å²) in [6.07, 6.45) is 0.817. The number of halogens is 1. The van der Waals surface area contributed by atoms with Crippen LogP contribution in [0.2, 0.25) is 0 Å². The molecule has 0 fully saturated rings. The zero-order valence-electron chi connectivity index (χ0n) is 15.8. The largest absolute Gasteiger partial charge is 0.324 e. The lowest BCUT2D eigenvalue weighted by Crippen LogP contribution is -2.39. The van der Waals surface area contributed by atoms with Gasteiger partial charge in [-0.05, 0) is 47.2 Å². The van der Waals surface area contributed by atoms with Crippen LogP contribution in [-0.2, 0) is 17.8 Å². The molecule has 2 N–H and O–H groups in total. The Labute approximate surface area is 158 Å². The van der Waals surface area contributed by atoms with Crippen LogP contribution in [0, 0.1) is 5.82 Å². The van der Waals surface area contributed by atoms with Gasteiger partial charge in [0.25, 0.3) is 0 Å². The lowest BCUT2D eigenvalue weighted by atomic mass is 9.89. The first-order valence-corrected chi connectivity index (χ1v) is 9.09. The minimum atomic E-state index is -0.545. The molecule has 3 rings (SSSR count). The van der Waals surface area contributed by atoms with Gasteiger partial charge in [0.2, 0.25) is 5.91 Å². The topological polar surface area (TPSA) is 61.4 Å². The molecule has 142 valence electrons. The van der Waals surface area contributed by atoms with Crippen LogP contribution in [0.3, 0.4) is 0 Å². The average Bonchev–Trinajstić information content (AvgIpc) is 2.63. The summed E-state index contributed by atoms with van der Waals surface area (Å²) in [7, 11) is 0. The average molecular weight is 369 g/mol. The molecule has 0 bridgehead atoms. The van der Waals surface area contributed by atoms with Gasteiger partial charge in [-0.2, -0.15) is 0 Å². The quantitative estimate of drug-likeness (QED) is 0.837. The van der Waals surface area contributed by atoms with Crippen LogP contribution in [0.5, 0.6) is 0 Å². The van der Waals surface area contributed by atoms with Crippen molar-refractivity contribution < 1.29 is 14.0 Å². The Balaban J connectivity index is 1.73. The molecule has 0 radical (unpaired) electrons. The molecular formula is C21H24FN3O2. The Hall–Kier alpha value is -2.89. The third kappa shape index (κ3) is 4.27. The van der Waals surface area contributed by atoms with E-state index in [2.05, 4.69) is 36.6 Å². The highest BCUT2D eigenvalue weighted by molar-refractivity contribution is 5.92. The number of hydrogen-bond acceptors (Lipinski definition) is 2. The number of nitrogens with zero attached hydrogens (tertiary/aromatic N) is 1. The lowest BCUT2D eigenvalue weighted by molar-refractivity contribution is -0.114. The first-order valence-electron chi connectivity index (χ1n) is 9.09. The molecule has 5 nitrogen and oxygen atoms in total. The van der Waals surface area contributed by atoms with E-state index >= 15 is 0 Å². The Morgan fingerprint density at radius 3 is 2.63 bits per heavy atom. The van der Waals surface area contributed by atoms with E-state index in [4.69, 9.17) is 0 Å². The van der Waals surface area contributed by atoms with Gasteiger partial charge in [-0.1, -0.05) is 32.0 Å². The van der Waals surface area contributed by atoms with Crippen LogP contribution < -0.4 is 10.6 Å². The van der Waals surface area contributed by atoms with Crippen molar-refractivity contribution in [1.29, 1.82) is 0 Å². The van der Waals surface area contributed by atoms with E-state index in [1.807, 2.05) is 6.07 Å². The molecule has 0 saturated carbocycles. The van der Waals surface area contributed by atoms with E-state index in [-0.39, 0.29) is 17.6 Å². The van der Waals surface area contributed by atoms with Gasteiger partial charge in [0, 0.05) is 25.7 Å². The number of urea groups is 1. The number of amides is 3. The number of nitrogens with one attached hydrogen (secondary N) is 2. The van der Waals surface area contributed by atoms with Gasteiger partial charge in [-0.3, -0.25) is 4.79 Å². The van der Waals surface area contributed by atoms with E-state index in [9.17, 15) is 14.0 Å². The molecule has 2 aromatic carbocycles. The van der Waals surface area contributed by atoms with Crippen LogP contribution in [0.1, 0.15) is 43.4 Å². The molecule has 1 aliphatic rings. The maximum atomic E-state index is 13.8. The number of rotatable bonds is 3. The summed E-state index contributed by atoms with van der Waals surface area (Å²) in [5.74, 6) is -0.464. The molecule has 0 saturated heterocycles. The fraction of sp³-hybridized carbons (Fsp3) is 0.333. The predicted molar refractivity (Wildman–Crippen MR) is 104 cm³/mol. The number of benzene rings is 2. The number of fused-ring (bicyclic) bond motifs is 1. The van der Waals surface area contributed by atoms with Crippen LogP contribution in [0.25, 0.3) is 0 Å². The summed E-state index contributed by atoms with van der Waals surface area (Å²) in [5, 5.41) is 5.21. The van der Waals surface area contributed by atoms with Gasteiger partial charge >= 0.3 is 6.03 Å². The second-order valence-electron chi connectivity index (χ2n) is 7.12. The van der Waals surface area contributed by atoms with Crippen molar-refractivity contribution in [2.24, 2.45) is 0 Å². The van der Waals surface area contributed by atoms with Gasteiger partial charge in [0.1, 0.15) is 5.82 Å². The van der Waals surface area contributed by atoms with Crippen LogP contribution in [-0.4, -0.2) is 23.4 Å². The Morgan fingerprint density at radius 1 is 1.15 bits per heavy atom. The van der Waals surface area contributed by atoms with Crippen LogP contribution in [0.15, 0.2) is 36.4 Å². The lowest BCUT2D eigenvalue weighted by Gasteiger charge is -2.31. The SMILES string of the molecule is CC(=O)Nc1cc(NC(=O)N2CCc3c(cccc3C(C)C)C2)ccc1F. The Morgan fingerprint density at radius 2 is 1.93 bits per heavy atom. The third-order valence-electron chi connectivity index (χ3n) is 4.74. The van der Waals surface area contributed by atoms with E-state index in [1.165, 1.54) is 41.8 Å². The fourth-order valence-corrected chi connectivity index (χ4v) is 3.44. The van der Waals surface area contributed by atoms with Crippen LogP contribution in [0.4, 0.5) is 20.6 Å². The van der Waals surface area contributed by atoms with E-state index in [0.29, 0.717) is 24.7 Å². The molecule has 0 atom stereocenters. The molecule has 0 spiro atoms. The van der Waals surface area contributed by atoms with E-state index in [0.717, 1.165) is 6.42 Å². The highest BCUT2D eigenvalue weighted by Crippen LogP contribution is 2.28. The minimum absolute atomic E-state index is 0.0471. The van der Waals surface area contributed by atoms with Crippen molar-refractivity contribution in [2.45, 2.75) is 39.7 Å². The van der Waals surface area contributed by atoms with Crippen molar-refractivity contribution in [3.8, 4) is 0 Å². The van der Waals surface area contributed by atoms with E-state index in [1.54, 1.807) is 4.90 Å². The molecule has 6 heteroatoms. The summed E-state index contributed by atoms with van der Waals surface area (Å²) in [6, 6.07) is 10.1. The van der Waals surface area contributed by atoms with Crippen molar-refractivity contribution in [3.05, 3.63) is 58.9 Å². The van der Waals surface area contributed by atoms with Gasteiger partial charge in [-0.15, -0.1) is 0 Å². The van der Waals surface area contributed by atoms with Gasteiger partial charge < -0.3 is 15.5 Å². The smallest absolute Gasteiger partial charge is 0.322 e. The number of carbonyl (C=O) groups is 2. The Kier molecular flexibility index (Phi) is 5.44. The Bertz CT molecular complexity index is 880. The zero-order valence-corrected chi connectivity index (χ0v) is 15.8. The van der Waals surface area contributed by atoms with Crippen LogP contribution >= 0.6 is 0 Å². The first kappa shape index (κ1) is 18.9. The second-order valence-corrected chi connectivity index (χ2v) is 7.12. The predicted octanol–water partition coefficient (Wildman–Crippen LogP) is 4.50. The number of hydrogen-bond donors (Lipinski definition) is 2. The van der Waals surface area contributed by atoms with Gasteiger partial charge in [0.05, 0.1) is 5.69 Å². The summed E-state index contributed by atoms with van der Waals surface area (Å²) >= 11 is 0. The molecule has 1 aliphatic heterocycles. The second kappa shape index (κ2) is 7.78. The molecule has 0 aromatic heterocycles. The molecule has 1 heterocycles. The normalized spacial score (nSPS) is 13.3. The van der Waals surface area contributed by atoms with Crippen molar-refractivity contribution in [2.75, 3.05) is 17.2 Å². The maximum absolute atomic E-state index is 13.8. The maximum Gasteiger partial charge on any atom is 0.322 e. The zero-order chi connectivity index (χ0) is 19.6. The number of carbonyl (C=O) groups excluding carboxylic acids is 2. The fourth-order valence-electron chi connectivity index (χ4n) is 3.44. The number of anilines is 2. The minimum Gasteiger partial charge on any atom is -0.324 e. The van der Waals surface area contributed by atoms with Crippen molar-refractivity contribution in [1.82, 2.24) is 4.90 Å². The van der Waals surface area contributed by atoms with Crippen molar-refractivity contribution >= 4 is 23.3 Å². The first-order chi connectivity index (χ1) is 12.8. The molecule has 2 aromatic rings. The summed E-state index contributed by atoms with van der Waals surface area (Å²) in [6.45, 7) is 6.83. The third-order valence-corrected chi connectivity index (χ3v) is 4.74. The van der Waals surface area contributed by atoms with Gasteiger partial charge in [0.15, 0.2) is 0 Å². The van der Waals surface area contributed by atoms with Gasteiger partial charge in [-0.25, -0.2) is 9.18 Å². The summed E-state index contributed by atoms with van der Waals surface area (Å²) in [4.78, 5) is 25.6. The summed E-state index contributed by atoms with van der Waals surface area (Å²) in [5.41, 5.74) is 4.33. The molecule has 0 unspecified atom stereocenters. The highest BCUT2D eigenvalue weighted by atomic mass is 19.1. The monoisotopic (exact) mass is 369 g/mol. The summed E-state index contributed by atoms with van der Waals surface area (Å²) < 4.78 is 13.8. The standard InChI is InChI=1S/C21H24FN3O2/c1-13(2)17-6-4-5-15-12-25(10-9-18(15)17)21(27)24-16-7-8-19(22)20(11-16)23-14(3)26/h4-8,11,13H,9-10,12H2,1-3H3,(H,23,26)(H,24,27). The van der Waals surface area contributed by atoms with E-state index < -0.39 is 5.82 Å². The molecule has 0 aliphatic carbocycles. The molecule has 27 heavy (non-hydrogen) atoms. The van der Waals surface area contributed by atoms with Crippen molar-refractivity contribution in [3.63, 3.8) is 0 Å². The molecule has 3 amide bonds. The molecular weight excluding hydrogens is 345 g/mol.